The summed E-state index contributed by atoms with van der Waals surface area (Å²) in [5.41, 5.74) is 0.0250. The fourth-order valence-corrected chi connectivity index (χ4v) is 1.21. The molecule has 1 N–H and O–H groups in total. The Bertz CT molecular complexity index is 248. The molecule has 0 aliphatic heterocycles. The Balaban J connectivity index is 4.36. The van der Waals surface area contributed by atoms with E-state index in [1.165, 1.54) is 13.8 Å². The van der Waals surface area contributed by atoms with Crippen molar-refractivity contribution in [2.45, 2.75) is 13.8 Å². The third-order valence-electron chi connectivity index (χ3n) is 0.930. The topological polar surface area (TPSA) is 82.1 Å². The van der Waals surface area contributed by atoms with Gasteiger partial charge in [-0.1, -0.05) is 6.58 Å². The van der Waals surface area contributed by atoms with E-state index in [2.05, 4.69) is 20.3 Å². The highest BCUT2D eigenvalue weighted by atomic mass is 31.2. The highest BCUT2D eigenvalue weighted by Gasteiger charge is 2.31. The molecule has 0 radical (unpaired) electrons. The van der Waals surface area contributed by atoms with Crippen molar-refractivity contribution in [3.8, 4) is 0 Å². The Morgan fingerprint density at radius 2 is 2.15 bits per heavy atom. The van der Waals surface area contributed by atoms with Gasteiger partial charge >= 0.3 is 13.8 Å². The van der Waals surface area contributed by atoms with Crippen molar-refractivity contribution in [3.63, 3.8) is 0 Å². The smallest absolute Gasteiger partial charge is 0.365 e. The van der Waals surface area contributed by atoms with Crippen LogP contribution in [0.4, 0.5) is 0 Å². The zero-order valence-electron chi connectivity index (χ0n) is 7.35. The summed E-state index contributed by atoms with van der Waals surface area (Å²) < 4.78 is 23.2. The van der Waals surface area contributed by atoms with Crippen molar-refractivity contribution < 1.29 is 28.3 Å². The third kappa shape index (κ3) is 4.19. The second-order valence-corrected chi connectivity index (χ2v) is 3.60. The summed E-state index contributed by atoms with van der Waals surface area (Å²) >= 11 is 0. The summed E-state index contributed by atoms with van der Waals surface area (Å²) in [4.78, 5) is 10.8. The van der Waals surface area contributed by atoms with Crippen LogP contribution in [-0.2, 0) is 23.1 Å². The van der Waals surface area contributed by atoms with Gasteiger partial charge < -0.3 is 4.52 Å². The van der Waals surface area contributed by atoms with Gasteiger partial charge in [-0.25, -0.2) is 14.6 Å². The Morgan fingerprint density at radius 3 is 2.46 bits per heavy atom. The number of hydrogen-bond donors (Lipinski definition) is 1. The first kappa shape index (κ1) is 12.3. The summed E-state index contributed by atoms with van der Waals surface area (Å²) in [5, 5.41) is 8.15. The highest BCUT2D eigenvalue weighted by molar-refractivity contribution is 7.48. The van der Waals surface area contributed by atoms with E-state index in [0.717, 1.165) is 0 Å². The van der Waals surface area contributed by atoms with E-state index in [1.807, 2.05) is 0 Å². The Kier molecular flexibility index (Phi) is 4.87. The van der Waals surface area contributed by atoms with Crippen LogP contribution in [-0.4, -0.2) is 17.8 Å². The molecule has 0 aliphatic rings. The molecule has 0 aromatic rings. The molecule has 13 heavy (non-hydrogen) atoms. The molecule has 76 valence electrons. The first-order valence-electron chi connectivity index (χ1n) is 3.42. The molecule has 0 heterocycles. The van der Waals surface area contributed by atoms with Crippen molar-refractivity contribution >= 4 is 13.8 Å². The molecule has 0 amide bonds. The average molecular weight is 210 g/mol. The van der Waals surface area contributed by atoms with Crippen LogP contribution >= 0.6 is 7.82 Å². The monoisotopic (exact) mass is 210 g/mol. The van der Waals surface area contributed by atoms with E-state index >= 15 is 0 Å². The number of phosphoric acid groups is 1. The molecule has 0 saturated heterocycles. The zero-order valence-corrected chi connectivity index (χ0v) is 8.24. The van der Waals surface area contributed by atoms with Crippen molar-refractivity contribution in [3.05, 3.63) is 12.2 Å². The van der Waals surface area contributed by atoms with Crippen LogP contribution in [0.5, 0.6) is 0 Å². The van der Waals surface area contributed by atoms with Crippen molar-refractivity contribution in [1.82, 2.24) is 0 Å². The minimum Gasteiger partial charge on any atom is -0.365 e. The number of rotatable bonds is 5. The molecule has 1 atom stereocenters. The molecule has 0 fully saturated rings. The molecular weight excluding hydrogens is 199 g/mol. The van der Waals surface area contributed by atoms with E-state index in [9.17, 15) is 9.36 Å². The summed E-state index contributed by atoms with van der Waals surface area (Å²) in [5.74, 6) is -0.953. The largest absolute Gasteiger partial charge is 0.560 e. The lowest BCUT2D eigenvalue weighted by molar-refractivity contribution is -0.170. The van der Waals surface area contributed by atoms with Crippen LogP contribution < -0.4 is 0 Å². The van der Waals surface area contributed by atoms with Gasteiger partial charge in [0.1, 0.15) is 0 Å². The van der Waals surface area contributed by atoms with Crippen LogP contribution in [0.15, 0.2) is 12.2 Å². The van der Waals surface area contributed by atoms with Crippen LogP contribution in [0.2, 0.25) is 0 Å². The predicted octanol–water partition coefficient (Wildman–Crippen LogP) is 1.74. The molecule has 0 aromatic heterocycles. The van der Waals surface area contributed by atoms with E-state index in [4.69, 9.17) is 5.26 Å². The second kappa shape index (κ2) is 5.14. The lowest BCUT2D eigenvalue weighted by Crippen LogP contribution is -2.06. The van der Waals surface area contributed by atoms with Crippen LogP contribution in [0, 0.1) is 0 Å². The first-order valence-corrected chi connectivity index (χ1v) is 4.88. The molecular formula is C6H11O6P. The van der Waals surface area contributed by atoms with Gasteiger partial charge in [0, 0.05) is 5.57 Å². The maximum atomic E-state index is 11.1. The summed E-state index contributed by atoms with van der Waals surface area (Å²) in [7, 11) is -4.17. The molecule has 6 nitrogen and oxygen atoms in total. The lowest BCUT2D eigenvalue weighted by atomic mass is 10.4. The maximum absolute atomic E-state index is 11.1. The van der Waals surface area contributed by atoms with Gasteiger partial charge in [0.2, 0.25) is 0 Å². The summed E-state index contributed by atoms with van der Waals surface area (Å²) in [6, 6.07) is 0. The Hall–Kier alpha value is -0.680. The van der Waals surface area contributed by atoms with Crippen molar-refractivity contribution in [2.75, 3.05) is 6.61 Å². The van der Waals surface area contributed by atoms with E-state index < -0.39 is 13.8 Å². The quantitative estimate of drug-likeness (QED) is 0.322. The van der Waals surface area contributed by atoms with Gasteiger partial charge in [0.05, 0.1) is 6.61 Å². The van der Waals surface area contributed by atoms with Gasteiger partial charge in [-0.3, -0.25) is 4.52 Å². The third-order valence-corrected chi connectivity index (χ3v) is 2.09. The first-order chi connectivity index (χ1) is 5.95. The van der Waals surface area contributed by atoms with Crippen LogP contribution in [0.25, 0.3) is 0 Å². The second-order valence-electron chi connectivity index (χ2n) is 2.11. The van der Waals surface area contributed by atoms with E-state index in [1.54, 1.807) is 0 Å². The van der Waals surface area contributed by atoms with Gasteiger partial charge in [-0.2, -0.15) is 0 Å². The predicted molar refractivity (Wildman–Crippen MR) is 43.9 cm³/mol. The minimum absolute atomic E-state index is 0.0250. The molecule has 0 aromatic carbocycles. The van der Waals surface area contributed by atoms with Gasteiger partial charge in [-0.15, -0.1) is 4.67 Å². The Labute approximate surface area is 75.6 Å². The van der Waals surface area contributed by atoms with E-state index in [0.29, 0.717) is 0 Å². The van der Waals surface area contributed by atoms with Gasteiger partial charge in [-0.05, 0) is 13.8 Å². The number of phosphoric ester groups is 1. The standard InChI is InChI=1S/C6H11O6P/c1-4-10-13(9,12-8)11-6(7)5(2)3/h8H,2,4H2,1,3H3. The normalized spacial score (nSPS) is 14.7. The zero-order chi connectivity index (χ0) is 10.5. The lowest BCUT2D eigenvalue weighted by Gasteiger charge is -2.11. The number of hydrogen-bond acceptors (Lipinski definition) is 6. The molecule has 0 spiro atoms. The molecule has 7 heteroatoms. The molecule has 0 saturated carbocycles. The molecule has 0 bridgehead atoms. The minimum atomic E-state index is -4.17. The summed E-state index contributed by atoms with van der Waals surface area (Å²) in [6.45, 7) is 6.08. The van der Waals surface area contributed by atoms with Crippen molar-refractivity contribution in [2.24, 2.45) is 0 Å². The van der Waals surface area contributed by atoms with Crippen LogP contribution in [0.1, 0.15) is 13.8 Å². The molecule has 0 rings (SSSR count). The number of carbonyl (C=O) groups excluding carboxylic acids is 1. The highest BCUT2D eigenvalue weighted by Crippen LogP contribution is 2.48. The van der Waals surface area contributed by atoms with Crippen LogP contribution in [0.3, 0.4) is 0 Å². The maximum Gasteiger partial charge on any atom is 0.560 e. The van der Waals surface area contributed by atoms with Crippen molar-refractivity contribution in [1.29, 1.82) is 0 Å². The SMILES string of the molecule is C=C(C)C(=O)OP(=O)(OO)OCC. The summed E-state index contributed by atoms with van der Waals surface area (Å²) in [6.07, 6.45) is 0. The Morgan fingerprint density at radius 1 is 1.62 bits per heavy atom. The van der Waals surface area contributed by atoms with Gasteiger partial charge in [0.25, 0.3) is 0 Å². The number of carbonyl (C=O) groups is 1. The van der Waals surface area contributed by atoms with E-state index in [-0.39, 0.29) is 12.2 Å². The van der Waals surface area contributed by atoms with Gasteiger partial charge in [0.15, 0.2) is 0 Å². The molecule has 0 aliphatic carbocycles. The fraction of sp³-hybridized carbons (Fsp3) is 0.500. The molecule has 1 unspecified atom stereocenters. The average Bonchev–Trinajstić information content (AvgIpc) is 2.04. The fourth-order valence-electron chi connectivity index (χ4n) is 0.404.